The number of alkyl halides is 3. The minimum Gasteiger partial charge on any atom is -0.508 e. The number of hydrogen-bond donors (Lipinski definition) is 1. The normalized spacial score (nSPS) is 16.1. The molecular weight excluding hydrogens is 249 g/mol. The van der Waals surface area contributed by atoms with Crippen LogP contribution < -0.4 is 0 Å². The summed E-state index contributed by atoms with van der Waals surface area (Å²) >= 11 is 0. The number of rotatable bonds is 2. The van der Waals surface area contributed by atoms with Crippen LogP contribution in [-0.4, -0.2) is 17.7 Å². The SMILES string of the molecule is O=C1OCC(O)=C1Cc1cccc(C(F)(F)F)c1. The van der Waals surface area contributed by atoms with Crippen molar-refractivity contribution >= 4 is 5.97 Å². The number of halogens is 3. The lowest BCUT2D eigenvalue weighted by molar-refractivity contribution is -0.137. The van der Waals surface area contributed by atoms with Crippen LogP contribution in [0.2, 0.25) is 0 Å². The van der Waals surface area contributed by atoms with E-state index in [1.807, 2.05) is 0 Å². The fraction of sp³-hybridized carbons (Fsp3) is 0.250. The Hall–Kier alpha value is -1.98. The van der Waals surface area contributed by atoms with Gasteiger partial charge in [-0.2, -0.15) is 13.2 Å². The van der Waals surface area contributed by atoms with Crippen LogP contribution in [0, 0.1) is 0 Å². The molecule has 0 spiro atoms. The smallest absolute Gasteiger partial charge is 0.416 e. The second-order valence-corrected chi connectivity index (χ2v) is 3.88. The maximum absolute atomic E-state index is 12.5. The lowest BCUT2D eigenvalue weighted by Gasteiger charge is -2.08. The number of carbonyl (C=O) groups excluding carboxylic acids is 1. The summed E-state index contributed by atoms with van der Waals surface area (Å²) in [6, 6.07) is 4.62. The average molecular weight is 258 g/mol. The number of benzene rings is 1. The molecule has 6 heteroatoms. The topological polar surface area (TPSA) is 46.5 Å². The van der Waals surface area contributed by atoms with E-state index in [-0.39, 0.29) is 24.4 Å². The van der Waals surface area contributed by atoms with Crippen molar-refractivity contribution in [3.05, 3.63) is 46.7 Å². The molecule has 0 amide bonds. The van der Waals surface area contributed by atoms with Crippen LogP contribution in [0.25, 0.3) is 0 Å². The quantitative estimate of drug-likeness (QED) is 0.829. The Labute approximate surface area is 100 Å². The van der Waals surface area contributed by atoms with Gasteiger partial charge in [-0.1, -0.05) is 18.2 Å². The van der Waals surface area contributed by atoms with Crippen molar-refractivity contribution in [3.8, 4) is 0 Å². The van der Waals surface area contributed by atoms with Gasteiger partial charge in [0.15, 0.2) is 0 Å². The number of esters is 1. The fourth-order valence-electron chi connectivity index (χ4n) is 1.66. The summed E-state index contributed by atoms with van der Waals surface area (Å²) in [6.07, 6.45) is -4.50. The van der Waals surface area contributed by atoms with E-state index < -0.39 is 17.7 Å². The van der Waals surface area contributed by atoms with Crippen LogP contribution >= 0.6 is 0 Å². The van der Waals surface area contributed by atoms with E-state index in [0.717, 1.165) is 12.1 Å². The molecule has 3 nitrogen and oxygen atoms in total. The van der Waals surface area contributed by atoms with Gasteiger partial charge in [-0.05, 0) is 11.6 Å². The first-order valence-corrected chi connectivity index (χ1v) is 5.12. The first kappa shape index (κ1) is 12.5. The van der Waals surface area contributed by atoms with Crippen molar-refractivity contribution in [2.75, 3.05) is 6.61 Å². The van der Waals surface area contributed by atoms with Crippen LogP contribution in [0.4, 0.5) is 13.2 Å². The number of aliphatic hydroxyl groups is 1. The van der Waals surface area contributed by atoms with Gasteiger partial charge in [-0.3, -0.25) is 0 Å². The largest absolute Gasteiger partial charge is 0.508 e. The second kappa shape index (κ2) is 4.36. The van der Waals surface area contributed by atoms with E-state index in [9.17, 15) is 23.1 Å². The lowest BCUT2D eigenvalue weighted by atomic mass is 10.0. The van der Waals surface area contributed by atoms with Crippen LogP contribution in [0.3, 0.4) is 0 Å². The Kier molecular flexibility index (Phi) is 3.02. The minimum atomic E-state index is -4.43. The molecule has 0 bridgehead atoms. The maximum atomic E-state index is 12.5. The molecule has 1 aromatic carbocycles. The molecule has 0 atom stereocenters. The molecule has 1 aromatic rings. The summed E-state index contributed by atoms with van der Waals surface area (Å²) in [5, 5.41) is 9.36. The Morgan fingerprint density at radius 1 is 1.33 bits per heavy atom. The van der Waals surface area contributed by atoms with Crippen molar-refractivity contribution in [2.24, 2.45) is 0 Å². The third-order valence-electron chi connectivity index (χ3n) is 2.57. The first-order valence-electron chi connectivity index (χ1n) is 5.12. The molecule has 0 saturated carbocycles. The second-order valence-electron chi connectivity index (χ2n) is 3.88. The van der Waals surface area contributed by atoms with Crippen molar-refractivity contribution < 1.29 is 27.8 Å². The molecule has 2 rings (SSSR count). The minimum absolute atomic E-state index is 0.00863. The number of carbonyl (C=O) groups is 1. The Balaban J connectivity index is 2.26. The lowest BCUT2D eigenvalue weighted by Crippen LogP contribution is -2.07. The zero-order valence-corrected chi connectivity index (χ0v) is 9.12. The number of aliphatic hydroxyl groups excluding tert-OH is 1. The highest BCUT2D eigenvalue weighted by atomic mass is 19.4. The third-order valence-corrected chi connectivity index (χ3v) is 2.57. The predicted molar refractivity (Wildman–Crippen MR) is 55.8 cm³/mol. The molecule has 0 aliphatic carbocycles. The molecule has 0 radical (unpaired) electrons. The molecule has 1 aliphatic rings. The van der Waals surface area contributed by atoms with Gasteiger partial charge in [0.2, 0.25) is 0 Å². The molecule has 1 heterocycles. The van der Waals surface area contributed by atoms with Gasteiger partial charge in [0.25, 0.3) is 0 Å². The van der Waals surface area contributed by atoms with Gasteiger partial charge in [0.1, 0.15) is 12.4 Å². The van der Waals surface area contributed by atoms with Crippen molar-refractivity contribution in [3.63, 3.8) is 0 Å². The van der Waals surface area contributed by atoms with Gasteiger partial charge < -0.3 is 9.84 Å². The predicted octanol–water partition coefficient (Wildman–Crippen LogP) is 2.62. The zero-order chi connectivity index (χ0) is 13.3. The molecule has 0 fully saturated rings. The third kappa shape index (κ3) is 2.47. The van der Waals surface area contributed by atoms with Gasteiger partial charge >= 0.3 is 12.1 Å². The molecular formula is C12H9F3O3. The Bertz CT molecular complexity index is 518. The zero-order valence-electron chi connectivity index (χ0n) is 9.12. The molecule has 0 aromatic heterocycles. The van der Waals surface area contributed by atoms with Crippen molar-refractivity contribution in [2.45, 2.75) is 12.6 Å². The summed E-state index contributed by atoms with van der Waals surface area (Å²) in [5.41, 5.74) is -0.481. The van der Waals surface area contributed by atoms with Crippen molar-refractivity contribution in [1.29, 1.82) is 0 Å². The summed E-state index contributed by atoms with van der Waals surface area (Å²) in [6.45, 7) is -0.215. The van der Waals surface area contributed by atoms with E-state index in [1.165, 1.54) is 12.1 Å². The molecule has 1 aliphatic heterocycles. The molecule has 0 saturated heterocycles. The van der Waals surface area contributed by atoms with Crippen LogP contribution in [0.1, 0.15) is 11.1 Å². The number of ether oxygens (including phenoxy) is 1. The fourth-order valence-corrected chi connectivity index (χ4v) is 1.66. The Morgan fingerprint density at radius 2 is 2.06 bits per heavy atom. The van der Waals surface area contributed by atoms with E-state index in [1.54, 1.807) is 0 Å². The molecule has 0 unspecified atom stereocenters. The molecule has 1 N–H and O–H groups in total. The highest BCUT2D eigenvalue weighted by Crippen LogP contribution is 2.30. The summed E-state index contributed by atoms with van der Waals surface area (Å²) in [7, 11) is 0. The van der Waals surface area contributed by atoms with Crippen LogP contribution in [-0.2, 0) is 22.1 Å². The summed E-state index contributed by atoms with van der Waals surface area (Å²) in [4.78, 5) is 11.2. The van der Waals surface area contributed by atoms with Crippen LogP contribution in [0.15, 0.2) is 35.6 Å². The number of hydrogen-bond acceptors (Lipinski definition) is 3. The monoisotopic (exact) mass is 258 g/mol. The van der Waals surface area contributed by atoms with Gasteiger partial charge in [0.05, 0.1) is 11.1 Å². The van der Waals surface area contributed by atoms with E-state index >= 15 is 0 Å². The van der Waals surface area contributed by atoms with Gasteiger partial charge in [-0.25, -0.2) is 4.79 Å². The van der Waals surface area contributed by atoms with E-state index in [0.29, 0.717) is 5.56 Å². The molecule has 18 heavy (non-hydrogen) atoms. The van der Waals surface area contributed by atoms with E-state index in [4.69, 9.17) is 0 Å². The standard InChI is InChI=1S/C12H9F3O3/c13-12(14,15)8-3-1-2-7(4-8)5-9-10(16)6-18-11(9)17/h1-4,16H,5-6H2. The molecule has 96 valence electrons. The van der Waals surface area contributed by atoms with Crippen molar-refractivity contribution in [1.82, 2.24) is 0 Å². The summed E-state index contributed by atoms with van der Waals surface area (Å²) < 4.78 is 42.0. The highest BCUT2D eigenvalue weighted by Gasteiger charge is 2.31. The maximum Gasteiger partial charge on any atom is 0.416 e. The van der Waals surface area contributed by atoms with Crippen LogP contribution in [0.5, 0.6) is 0 Å². The average Bonchev–Trinajstić information content (AvgIpc) is 2.60. The highest BCUT2D eigenvalue weighted by molar-refractivity contribution is 5.91. The van der Waals surface area contributed by atoms with E-state index in [2.05, 4.69) is 4.74 Å². The summed E-state index contributed by atoms with van der Waals surface area (Å²) in [5.74, 6) is -0.915. The first-order chi connectivity index (χ1) is 8.38. The Morgan fingerprint density at radius 3 is 2.61 bits per heavy atom. The van der Waals surface area contributed by atoms with Gasteiger partial charge in [0, 0.05) is 6.42 Å². The number of cyclic esters (lactones) is 1. The van der Waals surface area contributed by atoms with Gasteiger partial charge in [-0.15, -0.1) is 0 Å².